The number of ketones is 1. The molecule has 1 aromatic heterocycles. The standard InChI is InChI=1S/C36H26O8S/c1-2-31-33(27-15-9-10-16-32(27)43-31)34(38)24-19-28(22-11-5-3-6-12-22)35(29(20-24)23-13-7-4-8-14-23)44-45(41,42)25-17-18-26(36(39)40)30(37)21-25/h3-21,37H,2H2,1H3,(H,39,40). The van der Waals surface area contributed by atoms with Gasteiger partial charge >= 0.3 is 16.1 Å². The molecule has 0 amide bonds. The van der Waals surface area contributed by atoms with Crippen LogP contribution in [0, 0.1) is 0 Å². The number of benzene rings is 5. The van der Waals surface area contributed by atoms with Crippen LogP contribution in [-0.2, 0) is 16.5 Å². The second kappa shape index (κ2) is 11.8. The molecule has 45 heavy (non-hydrogen) atoms. The number of aromatic hydroxyl groups is 1. The molecule has 0 bridgehead atoms. The van der Waals surface area contributed by atoms with Crippen LogP contribution in [0.4, 0.5) is 0 Å². The molecule has 2 N–H and O–H groups in total. The number of carboxylic acid groups (broad SMARTS) is 1. The van der Waals surface area contributed by atoms with Crippen LogP contribution in [0.2, 0.25) is 0 Å². The molecule has 0 aliphatic heterocycles. The van der Waals surface area contributed by atoms with Crippen LogP contribution in [0.3, 0.4) is 0 Å². The van der Waals surface area contributed by atoms with E-state index in [-0.39, 0.29) is 11.5 Å². The summed E-state index contributed by atoms with van der Waals surface area (Å²) in [5, 5.41) is 20.2. The molecule has 0 saturated carbocycles. The Labute approximate surface area is 258 Å². The Morgan fingerprint density at radius 3 is 1.91 bits per heavy atom. The number of rotatable bonds is 9. The Kier molecular flexibility index (Phi) is 7.70. The summed E-state index contributed by atoms with van der Waals surface area (Å²) >= 11 is 0. The van der Waals surface area contributed by atoms with Crippen LogP contribution in [0.5, 0.6) is 11.5 Å². The first-order valence-electron chi connectivity index (χ1n) is 14.0. The first-order chi connectivity index (χ1) is 21.7. The molecule has 0 spiro atoms. The number of carbonyl (C=O) groups excluding carboxylic acids is 1. The normalized spacial score (nSPS) is 11.4. The van der Waals surface area contributed by atoms with Gasteiger partial charge in [0.25, 0.3) is 0 Å². The predicted molar refractivity (Wildman–Crippen MR) is 169 cm³/mol. The quantitative estimate of drug-likeness (QED) is 0.124. The third kappa shape index (κ3) is 5.57. The van der Waals surface area contributed by atoms with Gasteiger partial charge in [0.1, 0.15) is 27.6 Å². The van der Waals surface area contributed by atoms with Gasteiger partial charge in [0.05, 0.1) is 5.56 Å². The van der Waals surface area contributed by atoms with Gasteiger partial charge in [-0.25, -0.2) is 4.79 Å². The first-order valence-corrected chi connectivity index (χ1v) is 15.4. The number of carboxylic acids is 1. The highest BCUT2D eigenvalue weighted by Crippen LogP contribution is 2.43. The van der Waals surface area contributed by atoms with Crippen molar-refractivity contribution >= 4 is 32.8 Å². The molecule has 0 saturated heterocycles. The van der Waals surface area contributed by atoms with Crippen LogP contribution in [-0.4, -0.2) is 30.4 Å². The number of hydrogen-bond donors (Lipinski definition) is 2. The zero-order valence-electron chi connectivity index (χ0n) is 23.9. The highest BCUT2D eigenvalue weighted by molar-refractivity contribution is 7.87. The monoisotopic (exact) mass is 618 g/mol. The number of hydrogen-bond acceptors (Lipinski definition) is 7. The van der Waals surface area contributed by atoms with Crippen LogP contribution in [0.15, 0.2) is 125 Å². The lowest BCUT2D eigenvalue weighted by atomic mass is 9.91. The van der Waals surface area contributed by atoms with E-state index in [1.807, 2.05) is 37.3 Å². The average Bonchev–Trinajstić information content (AvgIpc) is 3.43. The molecule has 0 aliphatic carbocycles. The minimum Gasteiger partial charge on any atom is -0.507 e. The summed E-state index contributed by atoms with van der Waals surface area (Å²) in [6, 6.07) is 31.2. The minimum absolute atomic E-state index is 0.0430. The van der Waals surface area contributed by atoms with Crippen molar-refractivity contribution in [2.24, 2.45) is 0 Å². The van der Waals surface area contributed by atoms with Crippen molar-refractivity contribution in [1.29, 1.82) is 0 Å². The molecule has 1 heterocycles. The molecule has 8 nitrogen and oxygen atoms in total. The molecule has 5 aromatic carbocycles. The molecule has 0 unspecified atom stereocenters. The average molecular weight is 619 g/mol. The number of phenols is 1. The summed E-state index contributed by atoms with van der Waals surface area (Å²) in [7, 11) is -4.61. The van der Waals surface area contributed by atoms with Gasteiger partial charge < -0.3 is 18.8 Å². The summed E-state index contributed by atoms with van der Waals surface area (Å²) in [6.07, 6.45) is 0.486. The Morgan fingerprint density at radius 2 is 1.36 bits per heavy atom. The maximum Gasteiger partial charge on any atom is 0.339 e. The van der Waals surface area contributed by atoms with Crippen molar-refractivity contribution in [3.63, 3.8) is 0 Å². The number of furan rings is 1. The number of aryl methyl sites for hydroxylation is 1. The fourth-order valence-electron chi connectivity index (χ4n) is 5.26. The molecule has 9 heteroatoms. The highest BCUT2D eigenvalue weighted by atomic mass is 32.2. The summed E-state index contributed by atoms with van der Waals surface area (Å²) in [5.41, 5.74) is 2.71. The largest absolute Gasteiger partial charge is 0.507 e. The summed E-state index contributed by atoms with van der Waals surface area (Å²) in [6.45, 7) is 1.90. The molecule has 224 valence electrons. The van der Waals surface area contributed by atoms with E-state index in [0.717, 1.165) is 18.2 Å². The second-order valence-corrected chi connectivity index (χ2v) is 11.8. The Balaban J connectivity index is 1.59. The van der Waals surface area contributed by atoms with Gasteiger partial charge in [0, 0.05) is 34.6 Å². The van der Waals surface area contributed by atoms with E-state index in [1.54, 1.807) is 66.7 Å². The molecular formula is C36H26O8S. The van der Waals surface area contributed by atoms with Gasteiger partial charge in [-0.05, 0) is 41.5 Å². The van der Waals surface area contributed by atoms with Crippen molar-refractivity contribution in [2.75, 3.05) is 0 Å². The lowest BCUT2D eigenvalue weighted by Gasteiger charge is -2.18. The van der Waals surface area contributed by atoms with E-state index >= 15 is 0 Å². The second-order valence-electron chi connectivity index (χ2n) is 10.2. The third-order valence-corrected chi connectivity index (χ3v) is 8.64. The van der Waals surface area contributed by atoms with Gasteiger partial charge in [-0.1, -0.05) is 85.8 Å². The highest BCUT2D eigenvalue weighted by Gasteiger charge is 2.28. The Morgan fingerprint density at radius 1 is 0.778 bits per heavy atom. The van der Waals surface area contributed by atoms with E-state index < -0.39 is 32.3 Å². The van der Waals surface area contributed by atoms with Crippen LogP contribution >= 0.6 is 0 Å². The Hall–Kier alpha value is -5.67. The molecular weight excluding hydrogens is 592 g/mol. The van der Waals surface area contributed by atoms with Gasteiger partial charge in [0.2, 0.25) is 0 Å². The molecule has 0 radical (unpaired) electrons. The summed E-state index contributed by atoms with van der Waals surface area (Å²) in [5.74, 6) is -1.93. The van der Waals surface area contributed by atoms with Gasteiger partial charge in [-0.15, -0.1) is 0 Å². The van der Waals surface area contributed by atoms with E-state index in [0.29, 0.717) is 56.5 Å². The lowest BCUT2D eigenvalue weighted by molar-refractivity contribution is 0.0693. The van der Waals surface area contributed by atoms with Crippen LogP contribution in [0.25, 0.3) is 33.2 Å². The number of fused-ring (bicyclic) bond motifs is 1. The zero-order chi connectivity index (χ0) is 31.7. The molecule has 6 aromatic rings. The molecule has 0 fully saturated rings. The third-order valence-electron chi connectivity index (χ3n) is 7.42. The van der Waals surface area contributed by atoms with Crippen LogP contribution in [0.1, 0.15) is 39.0 Å². The number of carbonyl (C=O) groups is 2. The number of para-hydroxylation sites is 1. The maximum absolute atomic E-state index is 14.3. The minimum atomic E-state index is -4.61. The van der Waals surface area contributed by atoms with Crippen molar-refractivity contribution in [1.82, 2.24) is 0 Å². The van der Waals surface area contributed by atoms with Crippen molar-refractivity contribution in [3.05, 3.63) is 138 Å². The molecule has 0 aliphatic rings. The van der Waals surface area contributed by atoms with Gasteiger partial charge in [-0.2, -0.15) is 8.42 Å². The van der Waals surface area contributed by atoms with E-state index in [2.05, 4.69) is 0 Å². The fraction of sp³-hybridized carbons (Fsp3) is 0.0556. The first kappa shape index (κ1) is 29.4. The SMILES string of the molecule is CCc1oc2ccccc2c1C(=O)c1cc(-c2ccccc2)c(OS(=O)(=O)c2ccc(C(=O)O)c(O)c2)c(-c2ccccc2)c1. The van der Waals surface area contributed by atoms with E-state index in [9.17, 15) is 28.2 Å². The van der Waals surface area contributed by atoms with Gasteiger partial charge in [-0.3, -0.25) is 4.79 Å². The summed E-state index contributed by atoms with van der Waals surface area (Å²) < 4.78 is 39.2. The van der Waals surface area contributed by atoms with E-state index in [1.165, 1.54) is 0 Å². The van der Waals surface area contributed by atoms with Crippen LogP contribution < -0.4 is 4.18 Å². The molecule has 0 atom stereocenters. The lowest BCUT2D eigenvalue weighted by Crippen LogP contribution is -2.13. The fourth-order valence-corrected chi connectivity index (χ4v) is 6.24. The summed E-state index contributed by atoms with van der Waals surface area (Å²) in [4.78, 5) is 25.3. The smallest absolute Gasteiger partial charge is 0.339 e. The Bertz CT molecular complexity index is 2120. The van der Waals surface area contributed by atoms with Crippen molar-refractivity contribution in [2.45, 2.75) is 18.2 Å². The maximum atomic E-state index is 14.3. The molecule has 6 rings (SSSR count). The van der Waals surface area contributed by atoms with Crippen molar-refractivity contribution < 1.29 is 36.8 Å². The van der Waals surface area contributed by atoms with Crippen molar-refractivity contribution in [3.8, 4) is 33.8 Å². The topological polar surface area (TPSA) is 131 Å². The zero-order valence-corrected chi connectivity index (χ0v) is 24.7. The predicted octanol–water partition coefficient (Wildman–Crippen LogP) is 7.73. The van der Waals surface area contributed by atoms with E-state index in [4.69, 9.17) is 8.60 Å². The number of aromatic carboxylic acids is 1. The van der Waals surface area contributed by atoms with Gasteiger partial charge in [0.15, 0.2) is 11.5 Å².